The predicted molar refractivity (Wildman–Crippen MR) is 70.2 cm³/mol. The third kappa shape index (κ3) is 3.20. The van der Waals surface area contributed by atoms with Crippen LogP contribution in [0.1, 0.15) is 26.2 Å². The van der Waals surface area contributed by atoms with Gasteiger partial charge in [-0.05, 0) is 19.0 Å². The van der Waals surface area contributed by atoms with Crippen LogP contribution in [-0.4, -0.2) is 27.4 Å². The largest absolute Gasteiger partial charge is 0.439 e. The Morgan fingerprint density at radius 1 is 1.44 bits per heavy atom. The van der Waals surface area contributed by atoms with E-state index in [0.29, 0.717) is 6.04 Å². The first-order chi connectivity index (χ1) is 8.66. The van der Waals surface area contributed by atoms with Gasteiger partial charge in [-0.1, -0.05) is 13.8 Å². The van der Waals surface area contributed by atoms with E-state index in [1.807, 2.05) is 13.1 Å². The van der Waals surface area contributed by atoms with Crippen molar-refractivity contribution in [3.8, 4) is 11.5 Å². The Bertz CT molecular complexity index is 487. The molecule has 0 saturated carbocycles. The molecule has 0 aliphatic heterocycles. The molecule has 0 saturated heterocycles. The molecule has 0 fully saturated rings. The van der Waals surface area contributed by atoms with Gasteiger partial charge in [-0.2, -0.15) is 5.10 Å². The molecule has 18 heavy (non-hydrogen) atoms. The molecule has 0 atom stereocenters. The quantitative estimate of drug-likeness (QED) is 0.794. The average molecular weight is 248 g/mol. The minimum atomic E-state index is 0.527. The number of hydrogen-bond acceptors (Lipinski definition) is 4. The van der Waals surface area contributed by atoms with Crippen molar-refractivity contribution in [2.24, 2.45) is 7.05 Å². The van der Waals surface area contributed by atoms with E-state index in [4.69, 9.17) is 4.42 Å². The Morgan fingerprint density at radius 3 is 2.94 bits per heavy atom. The molecule has 0 aliphatic carbocycles. The molecule has 5 heteroatoms. The first-order valence-corrected chi connectivity index (χ1v) is 6.33. The van der Waals surface area contributed by atoms with Crippen molar-refractivity contribution in [1.82, 2.24) is 20.1 Å². The molecule has 5 nitrogen and oxygen atoms in total. The van der Waals surface area contributed by atoms with E-state index in [0.717, 1.165) is 36.7 Å². The molecular formula is C13H20N4O. The van der Waals surface area contributed by atoms with Crippen molar-refractivity contribution in [2.75, 3.05) is 6.54 Å². The highest BCUT2D eigenvalue weighted by atomic mass is 16.4. The van der Waals surface area contributed by atoms with Gasteiger partial charge in [-0.25, -0.2) is 4.98 Å². The molecule has 0 aromatic carbocycles. The fourth-order valence-electron chi connectivity index (χ4n) is 1.79. The summed E-state index contributed by atoms with van der Waals surface area (Å²) >= 11 is 0. The van der Waals surface area contributed by atoms with Crippen LogP contribution in [0.15, 0.2) is 22.9 Å². The number of rotatable bonds is 6. The van der Waals surface area contributed by atoms with Crippen molar-refractivity contribution in [3.63, 3.8) is 0 Å². The summed E-state index contributed by atoms with van der Waals surface area (Å²) in [6.07, 6.45) is 5.41. The van der Waals surface area contributed by atoms with Gasteiger partial charge in [-0.15, -0.1) is 0 Å². The second kappa shape index (κ2) is 5.82. The fraction of sp³-hybridized carbons (Fsp3) is 0.538. The van der Waals surface area contributed by atoms with E-state index in [1.54, 1.807) is 17.1 Å². The Hall–Kier alpha value is -1.62. The van der Waals surface area contributed by atoms with Gasteiger partial charge in [0.2, 0.25) is 0 Å². The fourth-order valence-corrected chi connectivity index (χ4v) is 1.79. The van der Waals surface area contributed by atoms with E-state index >= 15 is 0 Å². The number of nitrogens with one attached hydrogen (secondary N) is 1. The molecule has 0 radical (unpaired) electrons. The van der Waals surface area contributed by atoms with Crippen molar-refractivity contribution in [2.45, 2.75) is 32.7 Å². The molecule has 0 bridgehead atoms. The van der Waals surface area contributed by atoms with Crippen molar-refractivity contribution in [3.05, 3.63) is 24.4 Å². The molecule has 0 aliphatic rings. The Morgan fingerprint density at radius 2 is 2.28 bits per heavy atom. The number of aryl methyl sites for hydroxylation is 2. The molecule has 0 spiro atoms. The van der Waals surface area contributed by atoms with E-state index in [9.17, 15) is 0 Å². The molecule has 2 rings (SSSR count). The normalized spacial score (nSPS) is 11.3. The van der Waals surface area contributed by atoms with Crippen LogP contribution in [0.2, 0.25) is 0 Å². The maximum atomic E-state index is 5.72. The van der Waals surface area contributed by atoms with Crippen molar-refractivity contribution >= 4 is 0 Å². The minimum absolute atomic E-state index is 0.527. The predicted octanol–water partition coefficient (Wildman–Crippen LogP) is 2.01. The Kier molecular flexibility index (Phi) is 4.15. The smallest absolute Gasteiger partial charge is 0.195 e. The van der Waals surface area contributed by atoms with Gasteiger partial charge in [0.15, 0.2) is 11.7 Å². The van der Waals surface area contributed by atoms with Gasteiger partial charge < -0.3 is 9.73 Å². The summed E-state index contributed by atoms with van der Waals surface area (Å²) in [5, 5.41) is 7.49. The lowest BCUT2D eigenvalue weighted by Crippen LogP contribution is -2.23. The van der Waals surface area contributed by atoms with E-state index < -0.39 is 0 Å². The lowest BCUT2D eigenvalue weighted by molar-refractivity contribution is 0.481. The lowest BCUT2D eigenvalue weighted by Gasteiger charge is -2.05. The Balaban J connectivity index is 1.89. The maximum absolute atomic E-state index is 5.72. The summed E-state index contributed by atoms with van der Waals surface area (Å²) in [4.78, 5) is 4.29. The molecule has 1 N–H and O–H groups in total. The summed E-state index contributed by atoms with van der Waals surface area (Å²) in [7, 11) is 1.89. The maximum Gasteiger partial charge on any atom is 0.195 e. The first-order valence-electron chi connectivity index (χ1n) is 6.33. The molecule has 0 unspecified atom stereocenters. The van der Waals surface area contributed by atoms with Gasteiger partial charge in [0.05, 0.1) is 6.20 Å². The van der Waals surface area contributed by atoms with Gasteiger partial charge in [0.25, 0.3) is 0 Å². The summed E-state index contributed by atoms with van der Waals surface area (Å²) in [5.41, 5.74) is 0.953. The topological polar surface area (TPSA) is 55.9 Å². The first kappa shape index (κ1) is 12.8. The molecule has 98 valence electrons. The molecule has 2 aromatic heterocycles. The van der Waals surface area contributed by atoms with Gasteiger partial charge >= 0.3 is 0 Å². The summed E-state index contributed by atoms with van der Waals surface area (Å²) in [6, 6.07) is 2.45. The van der Waals surface area contributed by atoms with Crippen LogP contribution in [0, 0.1) is 0 Å². The number of nitrogens with zero attached hydrogens (tertiary/aromatic N) is 3. The van der Waals surface area contributed by atoms with Gasteiger partial charge in [-0.3, -0.25) is 4.68 Å². The third-order valence-electron chi connectivity index (χ3n) is 2.75. The van der Waals surface area contributed by atoms with Gasteiger partial charge in [0, 0.05) is 25.7 Å². The van der Waals surface area contributed by atoms with Crippen molar-refractivity contribution < 1.29 is 4.42 Å². The standard InChI is InChI=1S/C13H20N4O/c1-10(2)14-7-4-5-13-15-9-12(18-13)11-6-8-16-17(11)3/h6,8-10,14H,4-5,7H2,1-3H3. The molecule has 2 heterocycles. The average Bonchev–Trinajstić information content (AvgIpc) is 2.92. The van der Waals surface area contributed by atoms with Crippen LogP contribution < -0.4 is 5.32 Å². The number of aromatic nitrogens is 3. The van der Waals surface area contributed by atoms with Crippen LogP contribution in [0.25, 0.3) is 11.5 Å². The summed E-state index contributed by atoms with van der Waals surface area (Å²) < 4.78 is 7.50. The SMILES string of the molecule is CC(C)NCCCc1ncc(-c2ccnn2C)o1. The molecule has 0 amide bonds. The lowest BCUT2D eigenvalue weighted by atomic mass is 10.3. The van der Waals surface area contributed by atoms with Gasteiger partial charge in [0.1, 0.15) is 5.69 Å². The zero-order valence-corrected chi connectivity index (χ0v) is 11.2. The second-order valence-corrected chi connectivity index (χ2v) is 4.67. The third-order valence-corrected chi connectivity index (χ3v) is 2.75. The zero-order valence-electron chi connectivity index (χ0n) is 11.2. The van der Waals surface area contributed by atoms with E-state index in [-0.39, 0.29) is 0 Å². The summed E-state index contributed by atoms with van der Waals surface area (Å²) in [5.74, 6) is 1.57. The van der Waals surface area contributed by atoms with Crippen molar-refractivity contribution in [1.29, 1.82) is 0 Å². The molecular weight excluding hydrogens is 228 g/mol. The highest BCUT2D eigenvalue weighted by Gasteiger charge is 2.09. The van der Waals surface area contributed by atoms with Crippen LogP contribution in [0.5, 0.6) is 0 Å². The van der Waals surface area contributed by atoms with Crippen LogP contribution in [0.4, 0.5) is 0 Å². The monoisotopic (exact) mass is 248 g/mol. The van der Waals surface area contributed by atoms with E-state index in [1.165, 1.54) is 0 Å². The van der Waals surface area contributed by atoms with Crippen LogP contribution >= 0.6 is 0 Å². The zero-order chi connectivity index (χ0) is 13.0. The highest BCUT2D eigenvalue weighted by Crippen LogP contribution is 2.19. The second-order valence-electron chi connectivity index (χ2n) is 4.67. The highest BCUT2D eigenvalue weighted by molar-refractivity contribution is 5.50. The van der Waals surface area contributed by atoms with Crippen LogP contribution in [0.3, 0.4) is 0 Å². The number of oxazole rings is 1. The Labute approximate surface area is 107 Å². The summed E-state index contributed by atoms with van der Waals surface area (Å²) in [6.45, 7) is 5.28. The van der Waals surface area contributed by atoms with E-state index in [2.05, 4.69) is 29.2 Å². The van der Waals surface area contributed by atoms with Crippen LogP contribution in [-0.2, 0) is 13.5 Å². The molecule has 2 aromatic rings. The number of hydrogen-bond donors (Lipinski definition) is 1. The minimum Gasteiger partial charge on any atom is -0.439 e.